The van der Waals surface area contributed by atoms with E-state index in [1.165, 1.54) is 12.1 Å². The molecule has 1 unspecified atom stereocenters. The largest absolute Gasteiger partial charge is 0.396 e. The average molecular weight is 311 g/mol. The van der Waals surface area contributed by atoms with E-state index in [0.717, 1.165) is 17.7 Å². The molecular formula is C14H12Cl2N2O2. The van der Waals surface area contributed by atoms with E-state index in [2.05, 4.69) is 0 Å². The first-order valence-electron chi connectivity index (χ1n) is 6.33. The van der Waals surface area contributed by atoms with E-state index >= 15 is 0 Å². The van der Waals surface area contributed by atoms with Gasteiger partial charge in [-0.3, -0.25) is 9.59 Å². The van der Waals surface area contributed by atoms with Gasteiger partial charge in [0.25, 0.3) is 5.91 Å². The topological polar surface area (TPSA) is 63.4 Å². The highest BCUT2D eigenvalue weighted by molar-refractivity contribution is 6.40. The first-order chi connectivity index (χ1) is 9.50. The third-order valence-corrected chi connectivity index (χ3v) is 4.35. The quantitative estimate of drug-likeness (QED) is 0.640. The zero-order valence-corrected chi connectivity index (χ0v) is 12.0. The Hall–Kier alpha value is -1.52. The molecule has 1 saturated heterocycles. The number of fused-ring (bicyclic) bond motifs is 1. The lowest BCUT2D eigenvalue weighted by Crippen LogP contribution is -2.30. The van der Waals surface area contributed by atoms with Crippen LogP contribution in [-0.2, 0) is 9.59 Å². The molecule has 1 aliphatic heterocycles. The first kappa shape index (κ1) is 13.5. The van der Waals surface area contributed by atoms with Crippen LogP contribution >= 0.6 is 23.2 Å². The second-order valence-corrected chi connectivity index (χ2v) is 5.76. The smallest absolute Gasteiger partial charge is 0.261 e. The number of halogens is 2. The second kappa shape index (κ2) is 4.79. The molecular weight excluding hydrogens is 299 g/mol. The highest BCUT2D eigenvalue weighted by atomic mass is 35.5. The van der Waals surface area contributed by atoms with Crippen LogP contribution in [0.1, 0.15) is 19.3 Å². The third-order valence-electron chi connectivity index (χ3n) is 3.73. The Balaban J connectivity index is 2.07. The van der Waals surface area contributed by atoms with Crippen LogP contribution in [-0.4, -0.2) is 11.8 Å². The zero-order valence-electron chi connectivity index (χ0n) is 10.5. The van der Waals surface area contributed by atoms with E-state index in [0.29, 0.717) is 17.7 Å². The molecule has 1 aromatic carbocycles. The van der Waals surface area contributed by atoms with Gasteiger partial charge in [-0.05, 0) is 31.4 Å². The zero-order chi connectivity index (χ0) is 14.4. The van der Waals surface area contributed by atoms with Crippen molar-refractivity contribution >= 4 is 46.4 Å². The normalized spacial score (nSPS) is 22.0. The molecule has 0 saturated carbocycles. The van der Waals surface area contributed by atoms with Gasteiger partial charge < -0.3 is 5.73 Å². The number of carbonyl (C=O) groups is 2. The number of anilines is 2. The molecule has 1 heterocycles. The summed E-state index contributed by atoms with van der Waals surface area (Å²) < 4.78 is 0. The molecule has 3 rings (SSSR count). The van der Waals surface area contributed by atoms with Crippen molar-refractivity contribution in [2.45, 2.75) is 19.3 Å². The van der Waals surface area contributed by atoms with Crippen molar-refractivity contribution in [2.24, 2.45) is 5.92 Å². The van der Waals surface area contributed by atoms with Gasteiger partial charge in [0.15, 0.2) is 0 Å². The summed E-state index contributed by atoms with van der Waals surface area (Å²) in [6, 6.07) is 2.99. The molecule has 0 aromatic heterocycles. The number of hydrogen-bond acceptors (Lipinski definition) is 3. The van der Waals surface area contributed by atoms with E-state index in [1.54, 1.807) is 0 Å². The molecule has 0 bridgehead atoms. The van der Waals surface area contributed by atoms with Crippen molar-refractivity contribution in [3.8, 4) is 0 Å². The predicted molar refractivity (Wildman–Crippen MR) is 78.8 cm³/mol. The summed E-state index contributed by atoms with van der Waals surface area (Å²) in [5, 5.41) is 0.467. The minimum absolute atomic E-state index is 0.210. The van der Waals surface area contributed by atoms with Crippen LogP contribution in [0, 0.1) is 5.92 Å². The summed E-state index contributed by atoms with van der Waals surface area (Å²) in [6.45, 7) is 0. The van der Waals surface area contributed by atoms with E-state index in [4.69, 9.17) is 28.9 Å². The van der Waals surface area contributed by atoms with Gasteiger partial charge >= 0.3 is 0 Å². The fourth-order valence-electron chi connectivity index (χ4n) is 2.70. The number of nitrogen functional groups attached to an aromatic ring is 1. The minimum Gasteiger partial charge on any atom is -0.396 e. The SMILES string of the molecule is Nc1c(Cl)cc(N2C(=O)C3=CCCCC3C2=O)cc1Cl. The molecule has 0 radical (unpaired) electrons. The molecule has 2 amide bonds. The van der Waals surface area contributed by atoms with Crippen LogP contribution in [0.3, 0.4) is 0 Å². The van der Waals surface area contributed by atoms with Crippen molar-refractivity contribution in [1.82, 2.24) is 0 Å². The van der Waals surface area contributed by atoms with Gasteiger partial charge in [0.1, 0.15) is 0 Å². The highest BCUT2D eigenvalue weighted by Crippen LogP contribution is 2.39. The number of benzene rings is 1. The standard InChI is InChI=1S/C14H12Cl2N2O2/c15-10-5-7(6-11(16)12(10)17)18-13(19)8-3-1-2-4-9(8)14(18)20/h3,5-6,9H,1-2,4,17H2. The minimum atomic E-state index is -0.327. The van der Waals surface area contributed by atoms with E-state index in [1.807, 2.05) is 6.08 Å². The number of carbonyl (C=O) groups excluding carboxylic acids is 2. The summed E-state index contributed by atoms with van der Waals surface area (Å²) in [5.74, 6) is -0.819. The number of amides is 2. The van der Waals surface area contributed by atoms with Gasteiger partial charge in [0.2, 0.25) is 5.91 Å². The van der Waals surface area contributed by atoms with E-state index in [-0.39, 0.29) is 33.5 Å². The molecule has 1 atom stereocenters. The number of hydrogen-bond donors (Lipinski definition) is 1. The van der Waals surface area contributed by atoms with Crippen molar-refractivity contribution in [2.75, 3.05) is 10.6 Å². The Morgan fingerprint density at radius 3 is 2.45 bits per heavy atom. The average Bonchev–Trinajstić information content (AvgIpc) is 2.68. The highest BCUT2D eigenvalue weighted by Gasteiger charge is 2.44. The van der Waals surface area contributed by atoms with Crippen LogP contribution in [0.25, 0.3) is 0 Å². The Morgan fingerprint density at radius 2 is 1.85 bits per heavy atom. The molecule has 0 spiro atoms. The number of nitrogens with zero attached hydrogens (tertiary/aromatic N) is 1. The summed E-state index contributed by atoms with van der Waals surface area (Å²) >= 11 is 11.9. The lowest BCUT2D eigenvalue weighted by molar-refractivity contribution is -0.122. The molecule has 1 aliphatic carbocycles. The van der Waals surface area contributed by atoms with Gasteiger partial charge in [-0.2, -0.15) is 0 Å². The molecule has 20 heavy (non-hydrogen) atoms. The Labute approximate surface area is 126 Å². The Bertz CT molecular complexity index is 632. The lowest BCUT2D eigenvalue weighted by Gasteiger charge is -2.16. The summed E-state index contributed by atoms with van der Waals surface area (Å²) in [5.41, 5.74) is 6.88. The molecule has 6 heteroatoms. The summed E-state index contributed by atoms with van der Waals surface area (Å²) in [6.07, 6.45) is 4.32. The number of rotatable bonds is 1. The maximum absolute atomic E-state index is 12.4. The van der Waals surface area contributed by atoms with Crippen molar-refractivity contribution in [3.05, 3.63) is 33.8 Å². The van der Waals surface area contributed by atoms with Crippen molar-refractivity contribution in [3.63, 3.8) is 0 Å². The van der Waals surface area contributed by atoms with E-state index in [9.17, 15) is 9.59 Å². The molecule has 2 aliphatic rings. The molecule has 4 nitrogen and oxygen atoms in total. The molecule has 2 N–H and O–H groups in total. The predicted octanol–water partition coefficient (Wildman–Crippen LogP) is 3.18. The second-order valence-electron chi connectivity index (χ2n) is 4.94. The van der Waals surface area contributed by atoms with Crippen LogP contribution in [0.4, 0.5) is 11.4 Å². The van der Waals surface area contributed by atoms with Crippen molar-refractivity contribution in [1.29, 1.82) is 0 Å². The number of allylic oxidation sites excluding steroid dienone is 1. The lowest BCUT2D eigenvalue weighted by atomic mass is 9.90. The van der Waals surface area contributed by atoms with Crippen LogP contribution in [0.15, 0.2) is 23.8 Å². The molecule has 1 aromatic rings. The monoisotopic (exact) mass is 310 g/mol. The summed E-state index contributed by atoms with van der Waals surface area (Å²) in [7, 11) is 0. The summed E-state index contributed by atoms with van der Waals surface area (Å²) in [4.78, 5) is 25.9. The Kier molecular flexibility index (Phi) is 3.22. The van der Waals surface area contributed by atoms with Gasteiger partial charge in [-0.25, -0.2) is 4.90 Å². The maximum atomic E-state index is 12.4. The third kappa shape index (κ3) is 1.91. The van der Waals surface area contributed by atoms with Gasteiger partial charge in [-0.1, -0.05) is 29.3 Å². The van der Waals surface area contributed by atoms with Gasteiger partial charge in [0, 0.05) is 5.57 Å². The maximum Gasteiger partial charge on any atom is 0.261 e. The van der Waals surface area contributed by atoms with Crippen molar-refractivity contribution < 1.29 is 9.59 Å². The van der Waals surface area contributed by atoms with Crippen LogP contribution in [0.2, 0.25) is 10.0 Å². The van der Waals surface area contributed by atoms with E-state index < -0.39 is 0 Å². The molecule has 104 valence electrons. The van der Waals surface area contributed by atoms with Gasteiger partial charge in [-0.15, -0.1) is 0 Å². The number of nitrogens with two attached hydrogens (primary N) is 1. The fourth-order valence-corrected chi connectivity index (χ4v) is 3.18. The fraction of sp³-hybridized carbons (Fsp3) is 0.286. The van der Waals surface area contributed by atoms with Gasteiger partial charge in [0.05, 0.1) is 27.3 Å². The first-order valence-corrected chi connectivity index (χ1v) is 7.09. The number of imide groups is 1. The van der Waals surface area contributed by atoms with Crippen LogP contribution in [0.5, 0.6) is 0 Å². The Morgan fingerprint density at radius 1 is 1.20 bits per heavy atom. The molecule has 1 fully saturated rings. The van der Waals surface area contributed by atoms with Crippen LogP contribution < -0.4 is 10.6 Å².